The fourth-order valence-electron chi connectivity index (χ4n) is 3.82. The van der Waals surface area contributed by atoms with Gasteiger partial charge in [-0.05, 0) is 47.9 Å². The summed E-state index contributed by atoms with van der Waals surface area (Å²) in [5, 5.41) is 16.5. The van der Waals surface area contributed by atoms with Crippen molar-refractivity contribution in [2.75, 3.05) is 11.1 Å². The Kier molecular flexibility index (Phi) is 8.32. The summed E-state index contributed by atoms with van der Waals surface area (Å²) in [5.74, 6) is -0.116. The van der Waals surface area contributed by atoms with Gasteiger partial charge in [0.05, 0.1) is 22.4 Å². The first-order valence-corrected chi connectivity index (χ1v) is 12.7. The van der Waals surface area contributed by atoms with Crippen LogP contribution in [0.4, 0.5) is 5.69 Å². The molecule has 0 radical (unpaired) electrons. The molecule has 8 heteroatoms. The Morgan fingerprint density at radius 1 is 1.14 bits per heavy atom. The first-order chi connectivity index (χ1) is 17.4. The van der Waals surface area contributed by atoms with E-state index in [0.29, 0.717) is 33.7 Å². The molecule has 36 heavy (non-hydrogen) atoms. The minimum atomic E-state index is -0.396. The quantitative estimate of drug-likeness (QED) is 0.386. The number of carbonyl (C=O) groups excluding carboxylic acids is 2. The van der Waals surface area contributed by atoms with E-state index in [1.807, 2.05) is 61.5 Å². The number of amides is 2. The number of nitrogens with one attached hydrogen (secondary N) is 2. The molecule has 1 aliphatic heterocycles. The van der Waals surface area contributed by atoms with Gasteiger partial charge in [-0.15, -0.1) is 0 Å². The van der Waals surface area contributed by atoms with E-state index in [2.05, 4.69) is 16.7 Å². The van der Waals surface area contributed by atoms with Gasteiger partial charge in [-0.25, -0.2) is 0 Å². The molecule has 3 aromatic rings. The van der Waals surface area contributed by atoms with E-state index in [-0.39, 0.29) is 24.0 Å². The third-order valence-electron chi connectivity index (χ3n) is 5.78. The highest BCUT2D eigenvalue weighted by atomic mass is 35.5. The number of halogens is 1. The largest absolute Gasteiger partial charge is 0.489 e. The van der Waals surface area contributed by atoms with Crippen molar-refractivity contribution in [2.24, 2.45) is 0 Å². The Morgan fingerprint density at radius 2 is 1.89 bits per heavy atom. The number of benzene rings is 3. The number of rotatable bonds is 8. The molecule has 1 unspecified atom stereocenters. The van der Waals surface area contributed by atoms with Crippen molar-refractivity contribution < 1.29 is 14.3 Å². The van der Waals surface area contributed by atoms with Crippen LogP contribution in [-0.4, -0.2) is 17.6 Å². The Hall–Kier alpha value is -3.73. The maximum atomic E-state index is 12.5. The lowest BCUT2D eigenvalue weighted by Crippen LogP contribution is -2.31. The molecule has 2 amide bonds. The Bertz CT molecular complexity index is 1330. The number of nitrogens with zero attached hydrogens (tertiary/aromatic N) is 1. The Balaban J connectivity index is 1.43. The summed E-state index contributed by atoms with van der Waals surface area (Å²) in [7, 11) is 0. The van der Waals surface area contributed by atoms with Crippen LogP contribution in [0.15, 0.2) is 83.4 Å². The molecule has 0 saturated heterocycles. The number of carbonyl (C=O) groups is 2. The second-order valence-corrected chi connectivity index (χ2v) is 9.64. The van der Waals surface area contributed by atoms with Crippen LogP contribution in [-0.2, 0) is 16.2 Å². The summed E-state index contributed by atoms with van der Waals surface area (Å²) in [6, 6.07) is 24.8. The standard InChI is InChI=1S/C28H24ClN3O3S/c1-18-24(29)8-5-9-25(18)31-27(34)17-36-28-23(15-30)22(14-26(33)32-28)20-10-12-21(13-11-20)35-16-19-6-3-2-4-7-19/h2-13,22H,14,16-17H2,1H3,(H,31,34)(H,32,33). The third kappa shape index (κ3) is 6.28. The maximum absolute atomic E-state index is 12.5. The van der Waals surface area contributed by atoms with Crippen molar-refractivity contribution in [3.63, 3.8) is 0 Å². The second kappa shape index (κ2) is 11.8. The molecule has 1 atom stereocenters. The van der Waals surface area contributed by atoms with Crippen molar-refractivity contribution in [3.05, 3.63) is 105 Å². The summed E-state index contributed by atoms with van der Waals surface area (Å²) in [6.45, 7) is 2.28. The van der Waals surface area contributed by atoms with E-state index >= 15 is 0 Å². The van der Waals surface area contributed by atoms with Crippen LogP contribution in [0.2, 0.25) is 5.02 Å². The molecule has 0 aliphatic carbocycles. The minimum absolute atomic E-state index is 0.0335. The van der Waals surface area contributed by atoms with Crippen LogP contribution >= 0.6 is 23.4 Å². The van der Waals surface area contributed by atoms with Crippen molar-refractivity contribution in [3.8, 4) is 11.8 Å². The van der Waals surface area contributed by atoms with Crippen LogP contribution in [0.1, 0.15) is 29.0 Å². The first kappa shape index (κ1) is 25.4. The van der Waals surface area contributed by atoms with Gasteiger partial charge in [-0.3, -0.25) is 9.59 Å². The van der Waals surface area contributed by atoms with Gasteiger partial charge in [-0.2, -0.15) is 5.26 Å². The molecule has 0 spiro atoms. The number of anilines is 1. The van der Waals surface area contributed by atoms with Gasteiger partial charge < -0.3 is 15.4 Å². The number of ether oxygens (including phenoxy) is 1. The molecule has 6 nitrogen and oxygen atoms in total. The third-order valence-corrected chi connectivity index (χ3v) is 7.20. The van der Waals surface area contributed by atoms with Crippen molar-refractivity contribution in [1.82, 2.24) is 5.32 Å². The van der Waals surface area contributed by atoms with E-state index in [1.54, 1.807) is 18.2 Å². The molecular weight excluding hydrogens is 494 g/mol. The zero-order chi connectivity index (χ0) is 25.5. The lowest BCUT2D eigenvalue weighted by atomic mass is 9.87. The van der Waals surface area contributed by atoms with Crippen LogP contribution in [0.5, 0.6) is 5.75 Å². The van der Waals surface area contributed by atoms with Gasteiger partial charge in [0.2, 0.25) is 11.8 Å². The molecule has 1 aliphatic rings. The van der Waals surface area contributed by atoms with Crippen molar-refractivity contribution >= 4 is 40.9 Å². The number of thioether (sulfide) groups is 1. The molecule has 0 saturated carbocycles. The molecule has 0 aromatic heterocycles. The molecule has 182 valence electrons. The Morgan fingerprint density at radius 3 is 2.61 bits per heavy atom. The fraction of sp³-hybridized carbons (Fsp3) is 0.179. The highest BCUT2D eigenvalue weighted by Crippen LogP contribution is 2.36. The highest BCUT2D eigenvalue weighted by Gasteiger charge is 2.30. The van der Waals surface area contributed by atoms with Gasteiger partial charge in [-0.1, -0.05) is 71.9 Å². The smallest absolute Gasteiger partial charge is 0.234 e. The molecular formula is C28H24ClN3O3S. The molecule has 0 fully saturated rings. The van der Waals surface area contributed by atoms with Crippen molar-refractivity contribution in [1.29, 1.82) is 5.26 Å². The zero-order valence-electron chi connectivity index (χ0n) is 19.6. The van der Waals surface area contributed by atoms with E-state index in [9.17, 15) is 14.9 Å². The van der Waals surface area contributed by atoms with Crippen LogP contribution in [0.25, 0.3) is 0 Å². The number of nitriles is 1. The number of hydrogen-bond acceptors (Lipinski definition) is 5. The van der Waals surface area contributed by atoms with Crippen LogP contribution < -0.4 is 15.4 Å². The molecule has 3 aromatic carbocycles. The van der Waals surface area contributed by atoms with Crippen molar-refractivity contribution in [2.45, 2.75) is 25.9 Å². The summed E-state index contributed by atoms with van der Waals surface area (Å²) < 4.78 is 5.85. The lowest BCUT2D eigenvalue weighted by Gasteiger charge is -2.25. The van der Waals surface area contributed by atoms with E-state index in [1.165, 1.54) is 0 Å². The van der Waals surface area contributed by atoms with Gasteiger partial charge >= 0.3 is 0 Å². The Labute approximate surface area is 219 Å². The SMILES string of the molecule is Cc1c(Cl)cccc1NC(=O)CSC1=C(C#N)C(c2ccc(OCc3ccccc3)cc2)CC(=O)N1. The fourth-order valence-corrected chi connectivity index (χ4v) is 4.87. The predicted molar refractivity (Wildman–Crippen MR) is 143 cm³/mol. The minimum Gasteiger partial charge on any atom is -0.489 e. The summed E-state index contributed by atoms with van der Waals surface area (Å²) in [4.78, 5) is 25.0. The lowest BCUT2D eigenvalue weighted by molar-refractivity contribution is -0.121. The maximum Gasteiger partial charge on any atom is 0.234 e. The molecule has 4 rings (SSSR count). The van der Waals surface area contributed by atoms with Gasteiger partial charge in [0.1, 0.15) is 12.4 Å². The van der Waals surface area contributed by atoms with E-state index < -0.39 is 5.92 Å². The van der Waals surface area contributed by atoms with Gasteiger partial charge in [0.25, 0.3) is 0 Å². The summed E-state index contributed by atoms with van der Waals surface area (Å²) >= 11 is 7.26. The molecule has 2 N–H and O–H groups in total. The summed E-state index contributed by atoms with van der Waals surface area (Å²) in [5.41, 5.74) is 3.74. The first-order valence-electron chi connectivity index (χ1n) is 11.3. The van der Waals surface area contributed by atoms with E-state index in [4.69, 9.17) is 16.3 Å². The number of allylic oxidation sites excluding steroid dienone is 1. The predicted octanol–water partition coefficient (Wildman–Crippen LogP) is 5.94. The topological polar surface area (TPSA) is 91.2 Å². The van der Waals surface area contributed by atoms with E-state index in [0.717, 1.165) is 28.5 Å². The highest BCUT2D eigenvalue weighted by molar-refractivity contribution is 8.03. The number of hydrogen-bond donors (Lipinski definition) is 2. The normalized spacial score (nSPS) is 15.1. The monoisotopic (exact) mass is 517 g/mol. The van der Waals surface area contributed by atoms with Gasteiger partial charge in [0.15, 0.2) is 0 Å². The van der Waals surface area contributed by atoms with Gasteiger partial charge in [0, 0.05) is 23.0 Å². The summed E-state index contributed by atoms with van der Waals surface area (Å²) in [6.07, 6.45) is 0.158. The molecule has 0 bridgehead atoms. The average Bonchev–Trinajstić information content (AvgIpc) is 2.89. The zero-order valence-corrected chi connectivity index (χ0v) is 21.2. The molecule has 1 heterocycles. The average molecular weight is 518 g/mol. The second-order valence-electron chi connectivity index (χ2n) is 8.25. The van der Waals surface area contributed by atoms with Crippen LogP contribution in [0.3, 0.4) is 0 Å². The van der Waals surface area contributed by atoms with Crippen LogP contribution in [0, 0.1) is 18.3 Å².